The summed E-state index contributed by atoms with van der Waals surface area (Å²) >= 11 is 0. The van der Waals surface area contributed by atoms with Crippen LogP contribution in [-0.2, 0) is 17.7 Å². The van der Waals surface area contributed by atoms with Gasteiger partial charge in [0, 0.05) is 31.6 Å². The van der Waals surface area contributed by atoms with Crippen molar-refractivity contribution in [2.75, 3.05) is 13.2 Å². The molecule has 4 nitrogen and oxygen atoms in total. The molecule has 0 unspecified atom stereocenters. The summed E-state index contributed by atoms with van der Waals surface area (Å²) in [4.78, 5) is 9.37. The lowest BCUT2D eigenvalue weighted by molar-refractivity contribution is 0.0614. The molecule has 22 heavy (non-hydrogen) atoms. The summed E-state index contributed by atoms with van der Waals surface area (Å²) in [5.74, 6) is 1.85. The number of fused-ring (bicyclic) bond motifs is 3. The summed E-state index contributed by atoms with van der Waals surface area (Å²) in [6.45, 7) is 5.00. The minimum atomic E-state index is 0.684. The predicted octanol–water partition coefficient (Wildman–Crippen LogP) is 3.57. The molecule has 2 aromatic heterocycles. The van der Waals surface area contributed by atoms with E-state index in [1.807, 2.05) is 12.3 Å². The molecule has 0 saturated carbocycles. The fourth-order valence-corrected chi connectivity index (χ4v) is 3.46. The van der Waals surface area contributed by atoms with Crippen LogP contribution in [0.5, 0.6) is 0 Å². The molecule has 1 saturated heterocycles. The van der Waals surface area contributed by atoms with Crippen molar-refractivity contribution >= 4 is 21.9 Å². The molecule has 1 aliphatic heterocycles. The average molecular weight is 295 g/mol. The Morgan fingerprint density at radius 2 is 2.00 bits per heavy atom. The van der Waals surface area contributed by atoms with Gasteiger partial charge in [-0.15, -0.1) is 0 Å². The van der Waals surface area contributed by atoms with Crippen LogP contribution in [0.2, 0.25) is 0 Å². The van der Waals surface area contributed by atoms with E-state index in [2.05, 4.69) is 34.7 Å². The molecule has 4 rings (SSSR count). The second-order valence-corrected chi connectivity index (χ2v) is 6.06. The summed E-state index contributed by atoms with van der Waals surface area (Å²) in [6, 6.07) is 8.36. The molecule has 0 N–H and O–H groups in total. The van der Waals surface area contributed by atoms with E-state index in [-0.39, 0.29) is 0 Å². The second-order valence-electron chi connectivity index (χ2n) is 6.06. The Hall–Kier alpha value is -1.94. The van der Waals surface area contributed by atoms with E-state index in [9.17, 15) is 0 Å². The molecule has 0 radical (unpaired) electrons. The van der Waals surface area contributed by atoms with Gasteiger partial charge in [0.2, 0.25) is 0 Å². The number of hydrogen-bond acceptors (Lipinski definition) is 3. The summed E-state index contributed by atoms with van der Waals surface area (Å²) in [7, 11) is 0. The Morgan fingerprint density at radius 1 is 1.18 bits per heavy atom. The zero-order valence-corrected chi connectivity index (χ0v) is 13.0. The van der Waals surface area contributed by atoms with Gasteiger partial charge < -0.3 is 9.30 Å². The summed E-state index contributed by atoms with van der Waals surface area (Å²) in [6.07, 6.45) is 5.15. The van der Waals surface area contributed by atoms with Crippen LogP contribution in [0.3, 0.4) is 0 Å². The normalized spacial score (nSPS) is 16.6. The average Bonchev–Trinajstić information content (AvgIpc) is 2.94. The van der Waals surface area contributed by atoms with Crippen LogP contribution < -0.4 is 0 Å². The SMILES string of the molecule is CCc1nc2cnc3ccccc3c2n1CC1CCOCC1. The number of ether oxygens (including phenoxy) is 1. The van der Waals surface area contributed by atoms with Crippen LogP contribution >= 0.6 is 0 Å². The van der Waals surface area contributed by atoms with Gasteiger partial charge >= 0.3 is 0 Å². The zero-order chi connectivity index (χ0) is 14.9. The van der Waals surface area contributed by atoms with Crippen LogP contribution in [0.4, 0.5) is 0 Å². The molecule has 0 spiro atoms. The molecular formula is C18H21N3O. The Bertz CT molecular complexity index is 803. The fourth-order valence-electron chi connectivity index (χ4n) is 3.46. The molecule has 0 bridgehead atoms. The molecule has 1 fully saturated rings. The van der Waals surface area contributed by atoms with Crippen molar-refractivity contribution in [3.8, 4) is 0 Å². The van der Waals surface area contributed by atoms with Gasteiger partial charge in [0.15, 0.2) is 0 Å². The minimum Gasteiger partial charge on any atom is -0.381 e. The van der Waals surface area contributed by atoms with E-state index in [1.165, 1.54) is 16.7 Å². The van der Waals surface area contributed by atoms with Crippen molar-refractivity contribution in [2.45, 2.75) is 32.7 Å². The van der Waals surface area contributed by atoms with Crippen molar-refractivity contribution in [3.63, 3.8) is 0 Å². The van der Waals surface area contributed by atoms with Crippen molar-refractivity contribution in [3.05, 3.63) is 36.3 Å². The molecule has 1 aromatic carbocycles. The maximum Gasteiger partial charge on any atom is 0.109 e. The number of hydrogen-bond donors (Lipinski definition) is 0. The number of aryl methyl sites for hydroxylation is 1. The van der Waals surface area contributed by atoms with Crippen LogP contribution in [0.1, 0.15) is 25.6 Å². The molecule has 114 valence electrons. The first-order valence-corrected chi connectivity index (χ1v) is 8.17. The smallest absolute Gasteiger partial charge is 0.109 e. The van der Waals surface area contributed by atoms with E-state index in [0.717, 1.165) is 50.1 Å². The largest absolute Gasteiger partial charge is 0.381 e. The predicted molar refractivity (Wildman–Crippen MR) is 88.0 cm³/mol. The van der Waals surface area contributed by atoms with Crippen molar-refractivity contribution in [1.29, 1.82) is 0 Å². The summed E-state index contributed by atoms with van der Waals surface area (Å²) in [5.41, 5.74) is 3.31. The Kier molecular flexibility index (Phi) is 3.54. The van der Waals surface area contributed by atoms with Gasteiger partial charge in [-0.05, 0) is 24.8 Å². The Morgan fingerprint density at radius 3 is 2.82 bits per heavy atom. The summed E-state index contributed by atoms with van der Waals surface area (Å²) < 4.78 is 7.92. The molecule has 0 aliphatic carbocycles. The van der Waals surface area contributed by atoms with Gasteiger partial charge in [-0.3, -0.25) is 4.98 Å². The first kappa shape index (κ1) is 13.7. The van der Waals surface area contributed by atoms with Crippen molar-refractivity contribution in [2.24, 2.45) is 5.92 Å². The third-order valence-corrected chi connectivity index (χ3v) is 4.66. The van der Waals surface area contributed by atoms with Gasteiger partial charge in [-0.1, -0.05) is 25.1 Å². The maximum atomic E-state index is 5.50. The summed E-state index contributed by atoms with van der Waals surface area (Å²) in [5, 5.41) is 1.21. The van der Waals surface area contributed by atoms with E-state index in [1.54, 1.807) is 0 Å². The van der Waals surface area contributed by atoms with Gasteiger partial charge in [-0.2, -0.15) is 0 Å². The molecule has 4 heteroatoms. The van der Waals surface area contributed by atoms with Crippen molar-refractivity contribution in [1.82, 2.24) is 14.5 Å². The third-order valence-electron chi connectivity index (χ3n) is 4.66. The highest BCUT2D eigenvalue weighted by Crippen LogP contribution is 2.27. The van der Waals surface area contributed by atoms with Gasteiger partial charge in [0.1, 0.15) is 11.3 Å². The number of para-hydroxylation sites is 1. The molecule has 0 atom stereocenters. The van der Waals surface area contributed by atoms with E-state index in [0.29, 0.717) is 5.92 Å². The highest BCUT2D eigenvalue weighted by atomic mass is 16.5. The van der Waals surface area contributed by atoms with Crippen LogP contribution in [-0.4, -0.2) is 27.7 Å². The van der Waals surface area contributed by atoms with E-state index < -0.39 is 0 Å². The molecule has 3 aromatic rings. The third kappa shape index (κ3) is 2.28. The number of nitrogens with zero attached hydrogens (tertiary/aromatic N) is 3. The Labute approximate surface area is 130 Å². The highest BCUT2D eigenvalue weighted by molar-refractivity contribution is 6.02. The fraction of sp³-hybridized carbons (Fsp3) is 0.444. The quantitative estimate of drug-likeness (QED) is 0.741. The molecule has 1 aliphatic rings. The highest BCUT2D eigenvalue weighted by Gasteiger charge is 2.19. The lowest BCUT2D eigenvalue weighted by atomic mass is 10.00. The first-order chi connectivity index (χ1) is 10.9. The molecule has 3 heterocycles. The van der Waals surface area contributed by atoms with Crippen LogP contribution in [0.15, 0.2) is 30.5 Å². The Balaban J connectivity index is 1.88. The van der Waals surface area contributed by atoms with E-state index in [4.69, 9.17) is 9.72 Å². The van der Waals surface area contributed by atoms with Gasteiger partial charge in [0.05, 0.1) is 17.2 Å². The molecule has 0 amide bonds. The topological polar surface area (TPSA) is 39.9 Å². The van der Waals surface area contributed by atoms with Crippen LogP contribution in [0.25, 0.3) is 21.9 Å². The maximum absolute atomic E-state index is 5.50. The van der Waals surface area contributed by atoms with Crippen LogP contribution in [0, 0.1) is 5.92 Å². The standard InChI is InChI=1S/C18H21N3O/c1-2-17-20-16-11-19-15-6-4-3-5-14(15)18(16)21(17)12-13-7-9-22-10-8-13/h3-6,11,13H,2,7-10,12H2,1H3. The first-order valence-electron chi connectivity index (χ1n) is 8.17. The number of imidazole rings is 1. The number of pyridine rings is 1. The number of aromatic nitrogens is 3. The monoisotopic (exact) mass is 295 g/mol. The number of rotatable bonds is 3. The lowest BCUT2D eigenvalue weighted by Gasteiger charge is -2.23. The van der Waals surface area contributed by atoms with Gasteiger partial charge in [-0.25, -0.2) is 4.98 Å². The minimum absolute atomic E-state index is 0.684. The van der Waals surface area contributed by atoms with Gasteiger partial charge in [0.25, 0.3) is 0 Å². The van der Waals surface area contributed by atoms with E-state index >= 15 is 0 Å². The number of benzene rings is 1. The second kappa shape index (κ2) is 5.69. The molecular weight excluding hydrogens is 274 g/mol. The lowest BCUT2D eigenvalue weighted by Crippen LogP contribution is -2.21. The van der Waals surface area contributed by atoms with Crippen molar-refractivity contribution < 1.29 is 4.74 Å². The zero-order valence-electron chi connectivity index (χ0n) is 13.0.